The minimum atomic E-state index is -2.01. The number of ether oxygens (including phenoxy) is 4. The van der Waals surface area contributed by atoms with Crippen LogP contribution in [0.2, 0.25) is 0 Å². The van der Waals surface area contributed by atoms with E-state index in [1.165, 1.54) is 58.4 Å². The van der Waals surface area contributed by atoms with Crippen LogP contribution >= 0.6 is 0 Å². The normalized spacial score (nSPS) is 28.8. The molecule has 1 amide bonds. The summed E-state index contributed by atoms with van der Waals surface area (Å²) in [6.07, 6.45) is 2.97. The highest BCUT2D eigenvalue weighted by Crippen LogP contribution is 2.42. The highest BCUT2D eigenvalue weighted by atomic mass is 16.7. The number of benzene rings is 3. The number of methoxy groups -OCH3 is 1. The molecule has 3 aromatic carbocycles. The van der Waals surface area contributed by atoms with Gasteiger partial charge in [0.2, 0.25) is 10.9 Å². The van der Waals surface area contributed by atoms with Gasteiger partial charge in [0.25, 0.3) is 5.91 Å². The van der Waals surface area contributed by atoms with E-state index in [-0.39, 0.29) is 49.7 Å². The monoisotopic (exact) mass is 956 g/mol. The van der Waals surface area contributed by atoms with Crippen molar-refractivity contribution in [3.8, 4) is 11.5 Å². The summed E-state index contributed by atoms with van der Waals surface area (Å²) in [6, 6.07) is 3.10. The number of rotatable bonds is 6. The third-order valence-electron chi connectivity index (χ3n) is 13.8. The molecule has 4 aromatic rings. The van der Waals surface area contributed by atoms with E-state index in [1.54, 1.807) is 39.8 Å². The number of nitrogens with one attached hydrogen (secondary N) is 1. The lowest BCUT2D eigenvalue weighted by atomic mass is 9.78. The van der Waals surface area contributed by atoms with Gasteiger partial charge in [-0.25, -0.2) is 4.98 Å². The second-order valence-corrected chi connectivity index (χ2v) is 19.2. The fraction of sp³-hybridized carbons (Fsp3) is 0.510. The number of aliphatic hydroxyl groups is 4. The van der Waals surface area contributed by atoms with Gasteiger partial charge < -0.3 is 59.1 Å². The van der Waals surface area contributed by atoms with E-state index in [4.69, 9.17) is 28.3 Å². The van der Waals surface area contributed by atoms with Crippen molar-refractivity contribution in [3.05, 3.63) is 79.5 Å². The van der Waals surface area contributed by atoms with Crippen molar-refractivity contribution >= 4 is 62.0 Å². The second kappa shape index (κ2) is 20.1. The lowest BCUT2D eigenvalue weighted by molar-refractivity contribution is -0.160. The van der Waals surface area contributed by atoms with E-state index in [0.717, 1.165) is 19.6 Å². The van der Waals surface area contributed by atoms with E-state index in [9.17, 15) is 44.7 Å². The maximum Gasteiger partial charge on any atom is 0.307 e. The Kier molecular flexibility index (Phi) is 14.8. The predicted molar refractivity (Wildman–Crippen MR) is 260 cm³/mol. The summed E-state index contributed by atoms with van der Waals surface area (Å²) in [5.41, 5.74) is -2.19. The quantitative estimate of drug-likeness (QED) is 0.0895. The third kappa shape index (κ3) is 9.64. The largest absolute Gasteiger partial charge is 0.507 e. The van der Waals surface area contributed by atoms with E-state index in [0.29, 0.717) is 24.7 Å². The number of amides is 1. The number of fused-ring (bicyclic) bond motifs is 2. The molecule has 3 aliphatic rings. The van der Waals surface area contributed by atoms with Crippen molar-refractivity contribution in [2.45, 2.75) is 92.5 Å². The Bertz CT molecular complexity index is 2920. The molecule has 7 rings (SSSR count). The van der Waals surface area contributed by atoms with E-state index < -0.39 is 106 Å². The van der Waals surface area contributed by atoms with Crippen LogP contribution in [0.5, 0.6) is 11.5 Å². The van der Waals surface area contributed by atoms with Crippen LogP contribution in [0, 0.1) is 36.5 Å². The first-order valence-corrected chi connectivity index (χ1v) is 23.4. The summed E-state index contributed by atoms with van der Waals surface area (Å²) in [7, 11) is 1.43. The van der Waals surface area contributed by atoms with Crippen LogP contribution < -0.4 is 31.0 Å². The number of piperazine rings is 1. The highest BCUT2D eigenvalue weighted by molar-refractivity contribution is 6.17. The number of phenolic OH excluding ortho intramolecular Hbond substituents is 1. The topological polar surface area (TPSA) is 251 Å². The second-order valence-electron chi connectivity index (χ2n) is 19.2. The molecule has 1 saturated heterocycles. The highest BCUT2D eigenvalue weighted by Gasteiger charge is 2.44. The average Bonchev–Trinajstić information content (AvgIpc) is 3.57. The van der Waals surface area contributed by atoms with Gasteiger partial charge in [0.15, 0.2) is 22.4 Å². The van der Waals surface area contributed by atoms with Crippen molar-refractivity contribution in [1.82, 2.24) is 9.88 Å². The SMILES string of the molecule is COC1/C=C\OC2(C)Oc3c(C)c(O)c4c(=O)c(c5oc6cc(N7CCN(CC(C)C)CC7)cc(=O)c6nc5c4c3=C2O)NC(=O)/C(CO)=C\C=CC(C)C(O)C(C)C(O)C(C)C(OC(C)=O)C1C. The molecular weight excluding hydrogens is 893 g/mol. The molecule has 0 aliphatic carbocycles. The average molecular weight is 957 g/mol. The van der Waals surface area contributed by atoms with Crippen LogP contribution in [0.1, 0.15) is 61.0 Å². The molecule has 9 unspecified atom stereocenters. The minimum absolute atomic E-state index is 0.00670. The van der Waals surface area contributed by atoms with Crippen molar-refractivity contribution in [1.29, 1.82) is 0 Å². The number of carbonyl (C=O) groups is 2. The van der Waals surface area contributed by atoms with Crippen LogP contribution in [-0.2, 0) is 23.8 Å². The number of nitrogens with zero attached hydrogens (tertiary/aromatic N) is 3. The molecule has 0 saturated carbocycles. The van der Waals surface area contributed by atoms with E-state index in [1.807, 2.05) is 0 Å². The Labute approximate surface area is 399 Å². The number of esters is 1. The zero-order valence-electron chi connectivity index (χ0n) is 40.7. The molecule has 0 radical (unpaired) electrons. The number of aromatic hydroxyl groups is 1. The van der Waals surface area contributed by atoms with Gasteiger partial charge in [-0.3, -0.25) is 24.1 Å². The molecular formula is C51H64N4O14. The van der Waals surface area contributed by atoms with Gasteiger partial charge in [-0.2, -0.15) is 0 Å². The first-order valence-electron chi connectivity index (χ1n) is 23.4. The van der Waals surface area contributed by atoms with Gasteiger partial charge in [0.05, 0.1) is 41.8 Å². The number of aromatic nitrogens is 1. The molecule has 18 heteroatoms. The van der Waals surface area contributed by atoms with E-state index in [2.05, 4.69) is 29.0 Å². The molecule has 6 N–H and O–H groups in total. The molecule has 18 nitrogen and oxygen atoms in total. The molecule has 3 aliphatic heterocycles. The molecule has 372 valence electrons. The van der Waals surface area contributed by atoms with Crippen LogP contribution in [0.25, 0.3) is 38.7 Å². The molecule has 9 atom stereocenters. The van der Waals surface area contributed by atoms with Crippen LogP contribution in [0.4, 0.5) is 11.4 Å². The van der Waals surface area contributed by atoms with Crippen LogP contribution in [0.15, 0.2) is 62.3 Å². The molecule has 1 fully saturated rings. The van der Waals surface area contributed by atoms with E-state index >= 15 is 0 Å². The van der Waals surface area contributed by atoms with Crippen molar-refractivity contribution in [2.24, 2.45) is 29.6 Å². The molecule has 0 spiro atoms. The van der Waals surface area contributed by atoms with Gasteiger partial charge in [0.1, 0.15) is 28.8 Å². The number of hydrogen-bond acceptors (Lipinski definition) is 17. The number of hydrogen-bond donors (Lipinski definition) is 6. The van der Waals surface area contributed by atoms with Gasteiger partial charge in [-0.05, 0) is 18.9 Å². The lowest BCUT2D eigenvalue weighted by Crippen LogP contribution is -2.47. The summed E-state index contributed by atoms with van der Waals surface area (Å²) in [5, 5.41) is 59.6. The van der Waals surface area contributed by atoms with Crippen molar-refractivity contribution in [3.63, 3.8) is 0 Å². The fourth-order valence-electron chi connectivity index (χ4n) is 9.84. The maximum atomic E-state index is 14.9. The molecule has 4 bridgehead atoms. The first kappa shape index (κ1) is 50.8. The zero-order valence-corrected chi connectivity index (χ0v) is 40.7. The number of carbonyl (C=O) groups excluding carboxylic acids is 2. The van der Waals surface area contributed by atoms with Gasteiger partial charge in [-0.15, -0.1) is 0 Å². The smallest absolute Gasteiger partial charge is 0.307 e. The standard InChI is InChI=1S/C51H64N4O14/c1-24(2)22-54-15-17-55(18-16-54)32-20-33(58)39-35(21-32)68-48-40(52-39)36-37-44(61)29(7)47-38(36)49(63)51(9,69-47)66-19-14-34(65-10)26(4)46(67-30(8)57)28(6)43(60)27(5)42(59)25(3)12-11-13-31(23-56)50(64)53-41(48)45(37)62/h11-14,19-21,24-28,34,42-43,46,56,59-61,63H,15-18,22-23H2,1-10H3,(H,53,64)/b12-11?,19-14-,31-13-. The fourth-order valence-corrected chi connectivity index (χ4v) is 9.84. The molecule has 4 heterocycles. The third-order valence-corrected chi connectivity index (χ3v) is 13.8. The minimum Gasteiger partial charge on any atom is -0.507 e. The van der Waals surface area contributed by atoms with Crippen molar-refractivity contribution in [2.75, 3.05) is 56.7 Å². The van der Waals surface area contributed by atoms with Gasteiger partial charge in [0, 0.05) is 112 Å². The first-order chi connectivity index (χ1) is 32.6. The molecule has 69 heavy (non-hydrogen) atoms. The summed E-state index contributed by atoms with van der Waals surface area (Å²) in [5.74, 6) is -7.00. The van der Waals surface area contributed by atoms with Crippen LogP contribution in [-0.4, -0.2) is 124 Å². The van der Waals surface area contributed by atoms with Gasteiger partial charge in [-0.1, -0.05) is 59.8 Å². The van der Waals surface area contributed by atoms with Crippen LogP contribution in [0.3, 0.4) is 0 Å². The Morgan fingerprint density at radius 1 is 0.971 bits per heavy atom. The van der Waals surface area contributed by atoms with Gasteiger partial charge >= 0.3 is 11.8 Å². The zero-order chi connectivity index (χ0) is 50.4. The summed E-state index contributed by atoms with van der Waals surface area (Å²) in [4.78, 5) is 64.7. The Morgan fingerprint density at radius 3 is 2.30 bits per heavy atom. The Morgan fingerprint density at radius 2 is 1.67 bits per heavy atom. The Balaban J connectivity index is 1.47. The number of allylic oxidation sites excluding steroid dienone is 2. The number of phenols is 1. The predicted octanol–water partition coefficient (Wildman–Crippen LogP) is 4.31. The number of aliphatic hydroxyl groups excluding tert-OH is 4. The lowest BCUT2D eigenvalue weighted by Gasteiger charge is -2.38. The maximum absolute atomic E-state index is 14.9. The Hall–Kier alpha value is -6.05. The summed E-state index contributed by atoms with van der Waals surface area (Å²) in [6.45, 7) is 18.2. The van der Waals surface area contributed by atoms with Crippen molar-refractivity contribution < 1.29 is 58.5 Å². The number of anilines is 2. The molecule has 1 aromatic heterocycles. The summed E-state index contributed by atoms with van der Waals surface area (Å²) < 4.78 is 30.5. The summed E-state index contributed by atoms with van der Waals surface area (Å²) >= 11 is 0.